The van der Waals surface area contributed by atoms with E-state index in [-0.39, 0.29) is 19.4 Å². The normalized spacial score (nSPS) is 14.0. The van der Waals surface area contributed by atoms with Crippen LogP contribution >= 0.6 is 7.82 Å². The Balaban J connectivity index is 4.30. The average Bonchev–Trinajstić information content (AvgIpc) is 3.13. The molecule has 0 saturated carbocycles. The SMILES string of the molecule is CCCCCCCCC/C=C\CCCCCCCC(=O)OC(COC(=O)CCCCCCCCCCCCCCC)COP(=O)(O)OCC(O)CO. The molecule has 0 fully saturated rings. The molecule has 0 aliphatic heterocycles. The van der Waals surface area contributed by atoms with Crippen molar-refractivity contribution < 1.29 is 47.8 Å². The average molecular weight is 763 g/mol. The highest BCUT2D eigenvalue weighted by Crippen LogP contribution is 2.43. The zero-order chi connectivity index (χ0) is 38.4. The first kappa shape index (κ1) is 50.7. The molecule has 0 aliphatic rings. The van der Waals surface area contributed by atoms with Crippen LogP contribution in [0.15, 0.2) is 12.2 Å². The van der Waals surface area contributed by atoms with Crippen LogP contribution in [-0.2, 0) is 32.7 Å². The molecule has 0 aromatic rings. The first-order chi connectivity index (χ1) is 25.2. The zero-order valence-corrected chi connectivity index (χ0v) is 34.2. The molecule has 0 aromatic carbocycles. The predicted octanol–water partition coefficient (Wildman–Crippen LogP) is 10.8. The van der Waals surface area contributed by atoms with E-state index in [9.17, 15) is 24.2 Å². The number of phosphoric ester groups is 1. The van der Waals surface area contributed by atoms with E-state index in [2.05, 4.69) is 30.5 Å². The second-order valence-corrected chi connectivity index (χ2v) is 15.8. The van der Waals surface area contributed by atoms with Crippen LogP contribution in [-0.4, -0.2) is 65.7 Å². The third-order valence-corrected chi connectivity index (χ3v) is 10.1. The van der Waals surface area contributed by atoms with Gasteiger partial charge in [0, 0.05) is 12.8 Å². The lowest BCUT2D eigenvalue weighted by Crippen LogP contribution is -2.29. The Morgan fingerprint density at radius 1 is 0.558 bits per heavy atom. The highest BCUT2D eigenvalue weighted by molar-refractivity contribution is 7.47. The number of unbranched alkanes of at least 4 members (excludes halogenated alkanes) is 24. The van der Waals surface area contributed by atoms with Gasteiger partial charge in [-0.15, -0.1) is 0 Å². The fourth-order valence-corrected chi connectivity index (χ4v) is 6.66. The summed E-state index contributed by atoms with van der Waals surface area (Å²) in [6, 6.07) is 0. The van der Waals surface area contributed by atoms with Crippen molar-refractivity contribution in [1.29, 1.82) is 0 Å². The van der Waals surface area contributed by atoms with Gasteiger partial charge in [-0.2, -0.15) is 0 Å². The van der Waals surface area contributed by atoms with E-state index in [0.29, 0.717) is 12.8 Å². The summed E-state index contributed by atoms with van der Waals surface area (Å²) in [7, 11) is -4.61. The molecule has 0 aliphatic carbocycles. The summed E-state index contributed by atoms with van der Waals surface area (Å²) in [6.07, 6.45) is 34.6. The lowest BCUT2D eigenvalue weighted by Gasteiger charge is -2.20. The number of hydrogen-bond donors (Lipinski definition) is 3. The topological polar surface area (TPSA) is 149 Å². The first-order valence-electron chi connectivity index (χ1n) is 21.1. The minimum atomic E-state index is -4.61. The van der Waals surface area contributed by atoms with Crippen LogP contribution in [0.1, 0.15) is 200 Å². The molecule has 308 valence electrons. The quantitative estimate of drug-likeness (QED) is 0.0238. The van der Waals surface area contributed by atoms with Crippen molar-refractivity contribution in [1.82, 2.24) is 0 Å². The summed E-state index contributed by atoms with van der Waals surface area (Å²) in [5, 5.41) is 18.3. The van der Waals surface area contributed by atoms with Gasteiger partial charge in [-0.05, 0) is 38.5 Å². The fourth-order valence-electron chi connectivity index (χ4n) is 5.87. The Morgan fingerprint density at radius 3 is 1.38 bits per heavy atom. The predicted molar refractivity (Wildman–Crippen MR) is 210 cm³/mol. The van der Waals surface area contributed by atoms with Gasteiger partial charge in [0.1, 0.15) is 12.7 Å². The number of hydrogen-bond acceptors (Lipinski definition) is 9. The highest BCUT2D eigenvalue weighted by atomic mass is 31.2. The third kappa shape index (κ3) is 37.0. The summed E-state index contributed by atoms with van der Waals surface area (Å²) in [6.45, 7) is 2.38. The van der Waals surface area contributed by atoms with Crippen molar-refractivity contribution in [2.75, 3.05) is 26.4 Å². The van der Waals surface area contributed by atoms with Crippen molar-refractivity contribution in [3.8, 4) is 0 Å². The van der Waals surface area contributed by atoms with E-state index in [1.54, 1.807) is 0 Å². The van der Waals surface area contributed by atoms with Crippen molar-refractivity contribution in [3.05, 3.63) is 12.2 Å². The summed E-state index contributed by atoms with van der Waals surface area (Å²) in [5.74, 6) is -0.926. The molecule has 0 bridgehead atoms. The Hall–Kier alpha value is -1.29. The number of carbonyl (C=O) groups excluding carboxylic acids is 2. The number of allylic oxidation sites excluding steroid dienone is 2. The Morgan fingerprint density at radius 2 is 0.942 bits per heavy atom. The van der Waals surface area contributed by atoms with Gasteiger partial charge in [0.15, 0.2) is 6.10 Å². The molecule has 11 heteroatoms. The second-order valence-electron chi connectivity index (χ2n) is 14.4. The molecular weight excluding hydrogens is 683 g/mol. The summed E-state index contributed by atoms with van der Waals surface area (Å²) in [5.41, 5.74) is 0. The molecule has 3 atom stereocenters. The van der Waals surface area contributed by atoms with E-state index < -0.39 is 51.8 Å². The number of rotatable bonds is 40. The largest absolute Gasteiger partial charge is 0.472 e. The van der Waals surface area contributed by atoms with Crippen LogP contribution in [0.2, 0.25) is 0 Å². The number of carbonyl (C=O) groups is 2. The number of aliphatic hydroxyl groups is 2. The van der Waals surface area contributed by atoms with Crippen LogP contribution in [0.3, 0.4) is 0 Å². The first-order valence-corrected chi connectivity index (χ1v) is 22.6. The number of aliphatic hydroxyl groups excluding tert-OH is 2. The van der Waals surface area contributed by atoms with Gasteiger partial charge >= 0.3 is 19.8 Å². The molecule has 52 heavy (non-hydrogen) atoms. The van der Waals surface area contributed by atoms with E-state index in [1.165, 1.54) is 103 Å². The Bertz CT molecular complexity index is 884. The van der Waals surface area contributed by atoms with Crippen molar-refractivity contribution in [2.24, 2.45) is 0 Å². The van der Waals surface area contributed by atoms with Gasteiger partial charge in [-0.25, -0.2) is 4.57 Å². The molecule has 0 spiro atoms. The van der Waals surface area contributed by atoms with Crippen LogP contribution in [0.25, 0.3) is 0 Å². The van der Waals surface area contributed by atoms with Gasteiger partial charge < -0.3 is 24.6 Å². The molecule has 3 N–H and O–H groups in total. The summed E-state index contributed by atoms with van der Waals surface area (Å²) in [4.78, 5) is 34.9. The lowest BCUT2D eigenvalue weighted by atomic mass is 10.0. The monoisotopic (exact) mass is 763 g/mol. The Kier molecular flexibility index (Phi) is 37.1. The second kappa shape index (κ2) is 38.0. The van der Waals surface area contributed by atoms with E-state index in [1.807, 2.05) is 0 Å². The Labute approximate surface area is 317 Å². The highest BCUT2D eigenvalue weighted by Gasteiger charge is 2.27. The van der Waals surface area contributed by atoms with Crippen LogP contribution in [0.4, 0.5) is 0 Å². The summed E-state index contributed by atoms with van der Waals surface area (Å²) >= 11 is 0. The maximum absolute atomic E-state index is 12.6. The van der Waals surface area contributed by atoms with Crippen LogP contribution in [0, 0.1) is 0 Å². The van der Waals surface area contributed by atoms with Crippen molar-refractivity contribution >= 4 is 19.8 Å². The number of ether oxygens (including phenoxy) is 2. The molecule has 0 saturated heterocycles. The lowest BCUT2D eigenvalue weighted by molar-refractivity contribution is -0.161. The maximum atomic E-state index is 12.6. The summed E-state index contributed by atoms with van der Waals surface area (Å²) < 4.78 is 32.7. The van der Waals surface area contributed by atoms with Gasteiger partial charge in [-0.1, -0.05) is 161 Å². The molecule has 0 aromatic heterocycles. The molecule has 10 nitrogen and oxygen atoms in total. The van der Waals surface area contributed by atoms with Gasteiger partial charge in [0.05, 0.1) is 19.8 Å². The molecule has 0 radical (unpaired) electrons. The third-order valence-electron chi connectivity index (χ3n) is 9.17. The van der Waals surface area contributed by atoms with Gasteiger partial charge in [0.2, 0.25) is 0 Å². The number of esters is 2. The van der Waals surface area contributed by atoms with E-state index in [0.717, 1.165) is 57.8 Å². The van der Waals surface area contributed by atoms with Crippen molar-refractivity contribution in [3.63, 3.8) is 0 Å². The van der Waals surface area contributed by atoms with Gasteiger partial charge in [0.25, 0.3) is 0 Å². The van der Waals surface area contributed by atoms with Crippen LogP contribution in [0.5, 0.6) is 0 Å². The fraction of sp³-hybridized carbons (Fsp3) is 0.902. The van der Waals surface area contributed by atoms with E-state index >= 15 is 0 Å². The van der Waals surface area contributed by atoms with Crippen molar-refractivity contribution in [2.45, 2.75) is 212 Å². The van der Waals surface area contributed by atoms with Gasteiger partial charge in [-0.3, -0.25) is 18.6 Å². The molecular formula is C41H79O10P. The van der Waals surface area contributed by atoms with Crippen LogP contribution < -0.4 is 0 Å². The minimum Gasteiger partial charge on any atom is -0.462 e. The van der Waals surface area contributed by atoms with E-state index in [4.69, 9.17) is 19.1 Å². The number of phosphoric acid groups is 1. The molecule has 0 heterocycles. The smallest absolute Gasteiger partial charge is 0.462 e. The molecule has 3 unspecified atom stereocenters. The zero-order valence-electron chi connectivity index (χ0n) is 33.3. The molecule has 0 rings (SSSR count). The standard InChI is InChI=1S/C41H79O10P/c1-3-5-7-9-11-13-15-17-18-19-21-23-25-27-29-31-33-41(45)51-39(37-50-52(46,47)49-35-38(43)34-42)36-48-40(44)32-30-28-26-24-22-20-16-14-12-10-8-6-4-2/h18-19,38-39,42-43H,3-17,20-37H2,1-2H3,(H,46,47)/b19-18-. The molecule has 0 amide bonds. The minimum absolute atomic E-state index is 0.178. The maximum Gasteiger partial charge on any atom is 0.472 e.